The van der Waals surface area contributed by atoms with Crippen molar-refractivity contribution >= 4 is 15.9 Å². The van der Waals surface area contributed by atoms with Gasteiger partial charge in [-0.15, -0.1) is 0 Å². The van der Waals surface area contributed by atoms with Gasteiger partial charge in [-0.3, -0.25) is 0 Å². The zero-order valence-corrected chi connectivity index (χ0v) is 13.8. The van der Waals surface area contributed by atoms with Crippen LogP contribution in [0.3, 0.4) is 0 Å². The van der Waals surface area contributed by atoms with Crippen molar-refractivity contribution in [1.82, 2.24) is 0 Å². The molecule has 2 aromatic rings. The first-order valence-corrected chi connectivity index (χ1v) is 7.64. The summed E-state index contributed by atoms with van der Waals surface area (Å²) in [4.78, 5) is 0. The molecule has 3 N–H and O–H groups in total. The van der Waals surface area contributed by atoms with Crippen LogP contribution in [0.1, 0.15) is 28.7 Å². The highest BCUT2D eigenvalue weighted by Gasteiger charge is 2.22. The second-order valence-corrected chi connectivity index (χ2v) is 5.93. The second kappa shape index (κ2) is 7.07. The monoisotopic (exact) mass is 349 g/mol. The summed E-state index contributed by atoms with van der Waals surface area (Å²) in [6.45, 7) is 2.38. The van der Waals surface area contributed by atoms with Crippen LogP contribution in [0.2, 0.25) is 0 Å². The fraction of sp³-hybridized carbons (Fsp3) is 0.294. The lowest BCUT2D eigenvalue weighted by Crippen LogP contribution is -2.20. The van der Waals surface area contributed by atoms with Crippen LogP contribution in [0.4, 0.5) is 0 Å². The lowest BCUT2D eigenvalue weighted by atomic mass is 9.89. The standard InChI is InChI=1S/C17H20BrNO2/c1-11-6-7-13(9-16(11)18)17(20)15(10-19)12-4-3-5-14(8-12)21-2/h3-9,15,17,20H,10,19H2,1-2H3. The van der Waals surface area contributed by atoms with Crippen molar-refractivity contribution in [3.8, 4) is 5.75 Å². The van der Waals surface area contributed by atoms with Crippen LogP contribution < -0.4 is 10.5 Å². The van der Waals surface area contributed by atoms with Gasteiger partial charge in [-0.2, -0.15) is 0 Å². The summed E-state index contributed by atoms with van der Waals surface area (Å²) in [7, 11) is 1.63. The molecule has 0 aliphatic carbocycles. The number of hydrogen-bond acceptors (Lipinski definition) is 3. The molecule has 0 heterocycles. The zero-order chi connectivity index (χ0) is 15.4. The number of aliphatic hydroxyl groups excluding tert-OH is 1. The van der Waals surface area contributed by atoms with E-state index in [1.807, 2.05) is 49.4 Å². The summed E-state index contributed by atoms with van der Waals surface area (Å²) in [5, 5.41) is 10.7. The fourth-order valence-corrected chi connectivity index (χ4v) is 2.74. The minimum absolute atomic E-state index is 0.172. The van der Waals surface area contributed by atoms with E-state index in [9.17, 15) is 5.11 Å². The van der Waals surface area contributed by atoms with Gasteiger partial charge in [0.15, 0.2) is 0 Å². The molecule has 0 saturated heterocycles. The Bertz CT molecular complexity index is 615. The molecule has 0 spiro atoms. The van der Waals surface area contributed by atoms with Crippen LogP contribution >= 0.6 is 15.9 Å². The second-order valence-electron chi connectivity index (χ2n) is 5.07. The third-order valence-electron chi connectivity index (χ3n) is 3.69. The highest BCUT2D eigenvalue weighted by molar-refractivity contribution is 9.10. The first-order valence-electron chi connectivity index (χ1n) is 6.85. The van der Waals surface area contributed by atoms with Gasteiger partial charge in [-0.05, 0) is 41.8 Å². The first-order chi connectivity index (χ1) is 10.1. The molecule has 2 rings (SSSR count). The maximum atomic E-state index is 10.7. The molecule has 21 heavy (non-hydrogen) atoms. The van der Waals surface area contributed by atoms with Crippen LogP contribution in [0.5, 0.6) is 5.75 Å². The Labute approximate surface area is 133 Å². The summed E-state index contributed by atoms with van der Waals surface area (Å²) >= 11 is 3.50. The topological polar surface area (TPSA) is 55.5 Å². The van der Waals surface area contributed by atoms with Gasteiger partial charge in [-0.25, -0.2) is 0 Å². The van der Waals surface area contributed by atoms with Crippen molar-refractivity contribution in [3.05, 3.63) is 63.6 Å². The van der Waals surface area contributed by atoms with E-state index < -0.39 is 6.10 Å². The Morgan fingerprint density at radius 2 is 1.95 bits per heavy atom. The molecular weight excluding hydrogens is 330 g/mol. The molecule has 0 aromatic heterocycles. The van der Waals surface area contributed by atoms with E-state index in [2.05, 4.69) is 15.9 Å². The summed E-state index contributed by atoms with van der Waals surface area (Å²) < 4.78 is 6.23. The summed E-state index contributed by atoms with van der Waals surface area (Å²) in [6.07, 6.45) is -0.654. The van der Waals surface area contributed by atoms with Gasteiger partial charge in [0.1, 0.15) is 5.75 Å². The largest absolute Gasteiger partial charge is 0.497 e. The average molecular weight is 350 g/mol. The molecule has 3 nitrogen and oxygen atoms in total. The number of aliphatic hydroxyl groups is 1. The highest BCUT2D eigenvalue weighted by Crippen LogP contribution is 2.33. The van der Waals surface area contributed by atoms with E-state index in [0.717, 1.165) is 26.9 Å². The third kappa shape index (κ3) is 3.64. The minimum atomic E-state index is -0.654. The number of nitrogens with two attached hydrogens (primary N) is 1. The zero-order valence-electron chi connectivity index (χ0n) is 12.2. The molecule has 0 fully saturated rings. The molecule has 112 valence electrons. The van der Waals surface area contributed by atoms with Gasteiger partial charge in [0.05, 0.1) is 13.2 Å². The van der Waals surface area contributed by atoms with E-state index >= 15 is 0 Å². The lowest BCUT2D eigenvalue weighted by Gasteiger charge is -2.23. The van der Waals surface area contributed by atoms with Crippen molar-refractivity contribution in [3.63, 3.8) is 0 Å². The predicted octanol–water partition coefficient (Wildman–Crippen LogP) is 3.54. The molecule has 0 radical (unpaired) electrons. The van der Waals surface area contributed by atoms with Crippen LogP contribution in [-0.4, -0.2) is 18.8 Å². The molecular formula is C17H20BrNO2. The SMILES string of the molecule is COc1cccc(C(CN)C(O)c2ccc(C)c(Br)c2)c1. The quantitative estimate of drug-likeness (QED) is 0.867. The molecule has 2 aromatic carbocycles. The fourth-order valence-electron chi connectivity index (χ4n) is 2.34. The van der Waals surface area contributed by atoms with E-state index in [0.29, 0.717) is 6.54 Å². The number of benzene rings is 2. The number of rotatable bonds is 5. The van der Waals surface area contributed by atoms with E-state index in [1.165, 1.54) is 0 Å². The van der Waals surface area contributed by atoms with Crippen molar-refractivity contribution in [2.75, 3.05) is 13.7 Å². The van der Waals surface area contributed by atoms with Crippen LogP contribution in [0, 0.1) is 6.92 Å². The van der Waals surface area contributed by atoms with Crippen LogP contribution in [0.15, 0.2) is 46.9 Å². The molecule has 0 bridgehead atoms. The minimum Gasteiger partial charge on any atom is -0.497 e. The summed E-state index contributed by atoms with van der Waals surface area (Å²) in [5.41, 5.74) is 8.85. The maximum Gasteiger partial charge on any atom is 0.119 e. The smallest absolute Gasteiger partial charge is 0.119 e. The molecule has 0 saturated carbocycles. The molecule has 0 aliphatic heterocycles. The third-order valence-corrected chi connectivity index (χ3v) is 4.55. The predicted molar refractivity (Wildman–Crippen MR) is 88.6 cm³/mol. The molecule has 2 unspecified atom stereocenters. The first kappa shape index (κ1) is 16.0. The molecule has 0 amide bonds. The van der Waals surface area contributed by atoms with Crippen LogP contribution in [-0.2, 0) is 0 Å². The maximum absolute atomic E-state index is 10.7. The normalized spacial score (nSPS) is 13.8. The molecule has 2 atom stereocenters. The Morgan fingerprint density at radius 1 is 1.19 bits per heavy atom. The number of aryl methyl sites for hydroxylation is 1. The Hall–Kier alpha value is -1.36. The average Bonchev–Trinajstić information content (AvgIpc) is 2.51. The van der Waals surface area contributed by atoms with Crippen molar-refractivity contribution in [1.29, 1.82) is 0 Å². The highest BCUT2D eigenvalue weighted by atomic mass is 79.9. The summed E-state index contributed by atoms with van der Waals surface area (Å²) in [5.74, 6) is 0.595. The number of ether oxygens (including phenoxy) is 1. The lowest BCUT2D eigenvalue weighted by molar-refractivity contribution is 0.147. The molecule has 4 heteroatoms. The van der Waals surface area contributed by atoms with E-state index in [-0.39, 0.29) is 5.92 Å². The van der Waals surface area contributed by atoms with Gasteiger partial charge >= 0.3 is 0 Å². The number of halogens is 1. The van der Waals surface area contributed by atoms with Crippen molar-refractivity contribution < 1.29 is 9.84 Å². The van der Waals surface area contributed by atoms with Gasteiger partial charge in [0.25, 0.3) is 0 Å². The van der Waals surface area contributed by atoms with Gasteiger partial charge in [0, 0.05) is 16.9 Å². The number of methoxy groups -OCH3 is 1. The van der Waals surface area contributed by atoms with Gasteiger partial charge in [-0.1, -0.05) is 40.2 Å². The van der Waals surface area contributed by atoms with E-state index in [4.69, 9.17) is 10.5 Å². The van der Waals surface area contributed by atoms with Crippen molar-refractivity contribution in [2.24, 2.45) is 5.73 Å². The number of hydrogen-bond donors (Lipinski definition) is 2. The molecule has 0 aliphatic rings. The van der Waals surface area contributed by atoms with E-state index in [1.54, 1.807) is 7.11 Å². The summed E-state index contributed by atoms with van der Waals surface area (Å²) in [6, 6.07) is 13.6. The Kier molecular flexibility index (Phi) is 5.39. The van der Waals surface area contributed by atoms with Gasteiger partial charge < -0.3 is 15.6 Å². The van der Waals surface area contributed by atoms with Crippen molar-refractivity contribution in [2.45, 2.75) is 18.9 Å². The Morgan fingerprint density at radius 3 is 2.57 bits per heavy atom. The van der Waals surface area contributed by atoms with Crippen LogP contribution in [0.25, 0.3) is 0 Å². The van der Waals surface area contributed by atoms with Gasteiger partial charge in [0.2, 0.25) is 0 Å². The Balaban J connectivity index is 2.32.